The Labute approximate surface area is 113 Å². The smallest absolute Gasteiger partial charge is 0.322 e. The minimum Gasteiger partial charge on any atom is -0.496 e. The standard InChI is InChI=1S/C14H22N2O3/c1-7-6-10(8(2)9(3)13(7)19-5)11(15)12(16-4)14(17)18/h6,11-12,16H,15H2,1-5H3,(H,17,18). The number of ether oxygens (including phenoxy) is 1. The number of hydrogen-bond acceptors (Lipinski definition) is 4. The average Bonchev–Trinajstić information content (AvgIpc) is 2.34. The third-order valence-electron chi connectivity index (χ3n) is 3.57. The molecule has 0 radical (unpaired) electrons. The molecule has 2 unspecified atom stereocenters. The summed E-state index contributed by atoms with van der Waals surface area (Å²) in [4.78, 5) is 11.2. The second-order valence-corrected chi connectivity index (χ2v) is 4.70. The lowest BCUT2D eigenvalue weighted by Crippen LogP contribution is -2.43. The second-order valence-electron chi connectivity index (χ2n) is 4.70. The van der Waals surface area contributed by atoms with Crippen molar-refractivity contribution >= 4 is 5.97 Å². The van der Waals surface area contributed by atoms with E-state index < -0.39 is 18.1 Å². The summed E-state index contributed by atoms with van der Waals surface area (Å²) in [7, 11) is 3.22. The first kappa shape index (κ1) is 15.5. The number of benzene rings is 1. The maximum absolute atomic E-state index is 11.2. The van der Waals surface area contributed by atoms with Crippen molar-refractivity contribution < 1.29 is 14.6 Å². The molecule has 0 aliphatic rings. The van der Waals surface area contributed by atoms with Crippen molar-refractivity contribution in [3.05, 3.63) is 28.3 Å². The summed E-state index contributed by atoms with van der Waals surface area (Å²) >= 11 is 0. The quantitative estimate of drug-likeness (QED) is 0.748. The number of aryl methyl sites for hydroxylation is 1. The van der Waals surface area contributed by atoms with E-state index in [1.165, 1.54) is 0 Å². The monoisotopic (exact) mass is 266 g/mol. The van der Waals surface area contributed by atoms with E-state index in [2.05, 4.69) is 5.32 Å². The van der Waals surface area contributed by atoms with Gasteiger partial charge in [0.2, 0.25) is 0 Å². The van der Waals surface area contributed by atoms with Gasteiger partial charge in [-0.25, -0.2) is 0 Å². The molecule has 0 fully saturated rings. The van der Waals surface area contributed by atoms with Crippen LogP contribution in [0.3, 0.4) is 0 Å². The van der Waals surface area contributed by atoms with Crippen LogP contribution in [-0.2, 0) is 4.79 Å². The molecule has 19 heavy (non-hydrogen) atoms. The van der Waals surface area contributed by atoms with Crippen LogP contribution in [0.1, 0.15) is 28.3 Å². The zero-order valence-corrected chi connectivity index (χ0v) is 12.1. The fraction of sp³-hybridized carbons (Fsp3) is 0.500. The van der Waals surface area contributed by atoms with Crippen LogP contribution < -0.4 is 15.8 Å². The summed E-state index contributed by atoms with van der Waals surface area (Å²) in [6.45, 7) is 5.81. The molecular formula is C14H22N2O3. The Kier molecular flexibility index (Phi) is 4.91. The lowest BCUT2D eigenvalue weighted by molar-refractivity contribution is -0.139. The van der Waals surface area contributed by atoms with Crippen molar-refractivity contribution in [3.63, 3.8) is 0 Å². The van der Waals surface area contributed by atoms with Gasteiger partial charge in [-0.2, -0.15) is 0 Å². The predicted octanol–water partition coefficient (Wildman–Crippen LogP) is 1.29. The van der Waals surface area contributed by atoms with Crippen molar-refractivity contribution in [3.8, 4) is 5.75 Å². The van der Waals surface area contributed by atoms with E-state index in [4.69, 9.17) is 15.6 Å². The van der Waals surface area contributed by atoms with Gasteiger partial charge in [-0.15, -0.1) is 0 Å². The average molecular weight is 266 g/mol. The third-order valence-corrected chi connectivity index (χ3v) is 3.57. The maximum atomic E-state index is 11.2. The molecule has 4 N–H and O–H groups in total. The van der Waals surface area contributed by atoms with Gasteiger partial charge < -0.3 is 20.9 Å². The van der Waals surface area contributed by atoms with Crippen LogP contribution in [0, 0.1) is 20.8 Å². The Bertz CT molecular complexity index is 486. The molecule has 5 heteroatoms. The van der Waals surface area contributed by atoms with Gasteiger partial charge >= 0.3 is 5.97 Å². The Balaban J connectivity index is 3.32. The van der Waals surface area contributed by atoms with Gasteiger partial charge in [-0.05, 0) is 50.1 Å². The lowest BCUT2D eigenvalue weighted by atomic mass is 9.91. The molecule has 0 aromatic heterocycles. The first-order valence-corrected chi connectivity index (χ1v) is 6.15. The lowest BCUT2D eigenvalue weighted by Gasteiger charge is -2.24. The number of carboxylic acid groups (broad SMARTS) is 1. The van der Waals surface area contributed by atoms with Gasteiger partial charge in [0.1, 0.15) is 11.8 Å². The zero-order chi connectivity index (χ0) is 14.7. The second kappa shape index (κ2) is 6.04. The third kappa shape index (κ3) is 2.88. The summed E-state index contributed by atoms with van der Waals surface area (Å²) < 4.78 is 5.35. The minimum absolute atomic E-state index is 0.606. The van der Waals surface area contributed by atoms with Gasteiger partial charge in [0.15, 0.2) is 0 Å². The van der Waals surface area contributed by atoms with E-state index in [0.717, 1.165) is 28.0 Å². The van der Waals surface area contributed by atoms with E-state index >= 15 is 0 Å². The van der Waals surface area contributed by atoms with Crippen LogP contribution in [-0.4, -0.2) is 31.3 Å². The van der Waals surface area contributed by atoms with E-state index in [0.29, 0.717) is 0 Å². The summed E-state index contributed by atoms with van der Waals surface area (Å²) in [6, 6.07) is 0.482. The molecule has 0 saturated carbocycles. The summed E-state index contributed by atoms with van der Waals surface area (Å²) in [5.41, 5.74) is 9.85. The Morgan fingerprint density at radius 3 is 2.37 bits per heavy atom. The number of carbonyl (C=O) groups is 1. The molecule has 0 aliphatic carbocycles. The van der Waals surface area contributed by atoms with Crippen molar-refractivity contribution in [2.45, 2.75) is 32.9 Å². The van der Waals surface area contributed by atoms with Gasteiger partial charge in [-0.3, -0.25) is 4.79 Å². The molecule has 0 amide bonds. The van der Waals surface area contributed by atoms with Crippen LogP contribution in [0.2, 0.25) is 0 Å². The molecule has 1 rings (SSSR count). The molecule has 0 bridgehead atoms. The minimum atomic E-state index is -0.958. The highest BCUT2D eigenvalue weighted by Gasteiger charge is 2.27. The van der Waals surface area contributed by atoms with Crippen molar-refractivity contribution in [2.75, 3.05) is 14.2 Å². The van der Waals surface area contributed by atoms with Crippen LogP contribution in [0.5, 0.6) is 5.75 Å². The highest BCUT2D eigenvalue weighted by atomic mass is 16.5. The molecular weight excluding hydrogens is 244 g/mol. The van der Waals surface area contributed by atoms with E-state index in [1.54, 1.807) is 14.2 Å². The first-order chi connectivity index (χ1) is 8.84. The molecule has 106 valence electrons. The van der Waals surface area contributed by atoms with Crippen molar-refractivity contribution in [2.24, 2.45) is 5.73 Å². The van der Waals surface area contributed by atoms with Gasteiger partial charge in [-0.1, -0.05) is 6.07 Å². The van der Waals surface area contributed by atoms with Crippen LogP contribution in [0.25, 0.3) is 0 Å². The largest absolute Gasteiger partial charge is 0.496 e. The fourth-order valence-corrected chi connectivity index (χ4v) is 2.39. The maximum Gasteiger partial charge on any atom is 0.322 e. The number of rotatable bonds is 5. The predicted molar refractivity (Wildman–Crippen MR) is 74.6 cm³/mol. The summed E-state index contributed by atoms with van der Waals surface area (Å²) in [5.74, 6) is -0.134. The molecule has 2 atom stereocenters. The molecule has 1 aromatic carbocycles. The molecule has 0 saturated heterocycles. The normalized spacial score (nSPS) is 14.0. The molecule has 0 aliphatic heterocycles. The molecule has 1 aromatic rings. The van der Waals surface area contributed by atoms with E-state index in [9.17, 15) is 4.79 Å². The summed E-state index contributed by atoms with van der Waals surface area (Å²) in [5, 5.41) is 11.9. The van der Waals surface area contributed by atoms with Gasteiger partial charge in [0.25, 0.3) is 0 Å². The van der Waals surface area contributed by atoms with E-state index in [1.807, 2.05) is 26.8 Å². The highest BCUT2D eigenvalue weighted by Crippen LogP contribution is 2.31. The molecule has 0 heterocycles. The van der Waals surface area contributed by atoms with E-state index in [-0.39, 0.29) is 0 Å². The first-order valence-electron chi connectivity index (χ1n) is 6.15. The number of carboxylic acids is 1. The zero-order valence-electron chi connectivity index (χ0n) is 12.1. The highest BCUT2D eigenvalue weighted by molar-refractivity contribution is 5.75. The molecule has 0 spiro atoms. The van der Waals surface area contributed by atoms with Crippen LogP contribution in [0.15, 0.2) is 6.07 Å². The fourth-order valence-electron chi connectivity index (χ4n) is 2.39. The Morgan fingerprint density at radius 1 is 1.37 bits per heavy atom. The number of hydrogen-bond donors (Lipinski definition) is 3. The topological polar surface area (TPSA) is 84.6 Å². The van der Waals surface area contributed by atoms with Crippen LogP contribution in [0.4, 0.5) is 0 Å². The van der Waals surface area contributed by atoms with Gasteiger partial charge in [0, 0.05) is 0 Å². The SMILES string of the molecule is CNC(C(=O)O)C(N)c1cc(C)c(OC)c(C)c1C. The Morgan fingerprint density at radius 2 is 1.95 bits per heavy atom. The number of nitrogens with two attached hydrogens (primary N) is 1. The number of aliphatic carboxylic acids is 1. The summed E-state index contributed by atoms with van der Waals surface area (Å²) in [6.07, 6.45) is 0. The number of nitrogens with one attached hydrogen (secondary N) is 1. The van der Waals surface area contributed by atoms with Crippen molar-refractivity contribution in [1.29, 1.82) is 0 Å². The molecule has 5 nitrogen and oxygen atoms in total. The van der Waals surface area contributed by atoms with Gasteiger partial charge in [0.05, 0.1) is 13.2 Å². The van der Waals surface area contributed by atoms with Crippen LogP contribution >= 0.6 is 0 Å². The number of likely N-dealkylation sites (N-methyl/N-ethyl adjacent to an activating group) is 1. The Hall–Kier alpha value is -1.59. The van der Waals surface area contributed by atoms with Crippen molar-refractivity contribution in [1.82, 2.24) is 5.32 Å². The number of methoxy groups -OCH3 is 1.